The van der Waals surface area contributed by atoms with Crippen LogP contribution in [0.5, 0.6) is 23.0 Å². The topological polar surface area (TPSA) is 81.7 Å². The number of ether oxygens (including phenoxy) is 3. The summed E-state index contributed by atoms with van der Waals surface area (Å²) in [7, 11) is 3.16. The van der Waals surface area contributed by atoms with E-state index in [4.69, 9.17) is 25.8 Å². The number of hydrogen-bond acceptors (Lipinski definition) is 5. The van der Waals surface area contributed by atoms with Gasteiger partial charge >= 0.3 is 6.03 Å². The third kappa shape index (κ3) is 5.90. The molecule has 35 heavy (non-hydrogen) atoms. The SMILES string of the molecule is COc1cc2nccc(Oc3ccc(NC(=O)NC4CC(C)CC(C)(C)C4)c(Cl)c3)c2cc1OC. The van der Waals surface area contributed by atoms with Gasteiger partial charge in [0.15, 0.2) is 11.5 Å². The van der Waals surface area contributed by atoms with Gasteiger partial charge in [0.1, 0.15) is 11.5 Å². The molecule has 7 nitrogen and oxygen atoms in total. The zero-order valence-corrected chi connectivity index (χ0v) is 21.5. The highest BCUT2D eigenvalue weighted by Gasteiger charge is 2.32. The Bertz CT molecular complexity index is 1230. The summed E-state index contributed by atoms with van der Waals surface area (Å²) in [5, 5.41) is 7.13. The number of fused-ring (bicyclic) bond motifs is 1. The van der Waals surface area contributed by atoms with E-state index in [0.717, 1.165) is 18.2 Å². The molecule has 1 heterocycles. The highest BCUT2D eigenvalue weighted by atomic mass is 35.5. The molecule has 1 fully saturated rings. The fourth-order valence-electron chi connectivity index (χ4n) is 5.12. The number of carbonyl (C=O) groups excluding carboxylic acids is 1. The molecule has 1 aliphatic rings. The Hall–Kier alpha value is -3.19. The van der Waals surface area contributed by atoms with Gasteiger partial charge in [-0.15, -0.1) is 0 Å². The van der Waals surface area contributed by atoms with Crippen LogP contribution in [0.25, 0.3) is 10.9 Å². The lowest BCUT2D eigenvalue weighted by Gasteiger charge is -2.39. The van der Waals surface area contributed by atoms with E-state index in [1.807, 2.05) is 6.07 Å². The highest BCUT2D eigenvalue weighted by molar-refractivity contribution is 6.33. The van der Waals surface area contributed by atoms with Crippen molar-refractivity contribution in [3.63, 3.8) is 0 Å². The van der Waals surface area contributed by atoms with Gasteiger partial charge in [0.2, 0.25) is 0 Å². The van der Waals surface area contributed by atoms with Crippen molar-refractivity contribution >= 4 is 34.2 Å². The van der Waals surface area contributed by atoms with Crippen LogP contribution in [-0.4, -0.2) is 31.3 Å². The van der Waals surface area contributed by atoms with Gasteiger partial charge in [-0.1, -0.05) is 32.4 Å². The van der Waals surface area contributed by atoms with Crippen molar-refractivity contribution in [3.8, 4) is 23.0 Å². The van der Waals surface area contributed by atoms with Crippen LogP contribution in [0.1, 0.15) is 40.0 Å². The van der Waals surface area contributed by atoms with E-state index in [1.165, 1.54) is 6.42 Å². The second kappa shape index (κ2) is 10.2. The van der Waals surface area contributed by atoms with Crippen molar-refractivity contribution in [2.45, 2.75) is 46.1 Å². The number of rotatable bonds is 6. The minimum atomic E-state index is -0.253. The van der Waals surface area contributed by atoms with E-state index in [-0.39, 0.29) is 17.5 Å². The van der Waals surface area contributed by atoms with Gasteiger partial charge in [0, 0.05) is 29.8 Å². The molecule has 0 bridgehead atoms. The Morgan fingerprint density at radius 3 is 2.49 bits per heavy atom. The zero-order valence-electron chi connectivity index (χ0n) is 20.8. The molecule has 0 aliphatic heterocycles. The number of hydrogen-bond donors (Lipinski definition) is 2. The quantitative estimate of drug-likeness (QED) is 0.382. The number of methoxy groups -OCH3 is 2. The molecule has 186 valence electrons. The Labute approximate surface area is 211 Å². The molecule has 0 saturated heterocycles. The van der Waals surface area contributed by atoms with Gasteiger partial charge in [0.05, 0.1) is 30.4 Å². The maximum absolute atomic E-state index is 12.6. The number of halogens is 1. The van der Waals surface area contributed by atoms with E-state index in [0.29, 0.717) is 45.1 Å². The minimum absolute atomic E-state index is 0.144. The Balaban J connectivity index is 1.47. The molecule has 2 aromatic carbocycles. The van der Waals surface area contributed by atoms with Gasteiger partial charge in [0.25, 0.3) is 0 Å². The van der Waals surface area contributed by atoms with E-state index in [2.05, 4.69) is 36.4 Å². The van der Waals surface area contributed by atoms with Crippen molar-refractivity contribution in [1.29, 1.82) is 0 Å². The van der Waals surface area contributed by atoms with E-state index in [1.54, 1.807) is 50.7 Å². The minimum Gasteiger partial charge on any atom is -0.493 e. The summed E-state index contributed by atoms with van der Waals surface area (Å²) in [6.45, 7) is 6.74. The molecule has 1 aliphatic carbocycles. The summed E-state index contributed by atoms with van der Waals surface area (Å²) in [6.07, 6.45) is 4.78. The van der Waals surface area contributed by atoms with Crippen LogP contribution in [0.2, 0.25) is 5.02 Å². The first-order valence-corrected chi connectivity index (χ1v) is 12.1. The van der Waals surface area contributed by atoms with Gasteiger partial charge in [-0.25, -0.2) is 4.79 Å². The highest BCUT2D eigenvalue weighted by Crippen LogP contribution is 2.39. The second-order valence-corrected chi connectivity index (χ2v) is 10.4. The first-order valence-electron chi connectivity index (χ1n) is 11.7. The number of anilines is 1. The standard InChI is InChI=1S/C27H32ClN3O4/c1-16-10-17(15-27(2,3)14-16)30-26(32)31-21-7-6-18(11-20(21)28)35-23-8-9-29-22-13-25(34-5)24(33-4)12-19(22)23/h6-9,11-13,16-17H,10,14-15H2,1-5H3,(H2,30,31,32). The zero-order chi connectivity index (χ0) is 25.2. The molecule has 1 saturated carbocycles. The summed E-state index contributed by atoms with van der Waals surface area (Å²) >= 11 is 6.49. The summed E-state index contributed by atoms with van der Waals surface area (Å²) < 4.78 is 16.9. The fourth-order valence-corrected chi connectivity index (χ4v) is 5.34. The second-order valence-electron chi connectivity index (χ2n) is 9.99. The third-order valence-electron chi connectivity index (χ3n) is 6.35. The lowest BCUT2D eigenvalue weighted by atomic mass is 9.71. The Morgan fingerprint density at radius 2 is 1.80 bits per heavy atom. The number of nitrogens with zero attached hydrogens (tertiary/aromatic N) is 1. The summed E-state index contributed by atoms with van der Waals surface area (Å²) in [4.78, 5) is 17.0. The van der Waals surface area contributed by atoms with Crippen LogP contribution in [0.4, 0.5) is 10.5 Å². The van der Waals surface area contributed by atoms with Gasteiger partial charge in [-0.2, -0.15) is 0 Å². The predicted molar refractivity (Wildman–Crippen MR) is 139 cm³/mol. The molecule has 8 heteroatoms. The smallest absolute Gasteiger partial charge is 0.319 e. The van der Waals surface area contributed by atoms with Crippen molar-refractivity contribution in [1.82, 2.24) is 10.3 Å². The van der Waals surface area contributed by atoms with Crippen LogP contribution < -0.4 is 24.8 Å². The molecule has 2 N–H and O–H groups in total. The van der Waals surface area contributed by atoms with Crippen LogP contribution in [-0.2, 0) is 0 Å². The van der Waals surface area contributed by atoms with Gasteiger partial charge in [-0.3, -0.25) is 4.98 Å². The van der Waals surface area contributed by atoms with E-state index >= 15 is 0 Å². The summed E-state index contributed by atoms with van der Waals surface area (Å²) in [5.41, 5.74) is 1.45. The van der Waals surface area contributed by atoms with Crippen molar-refractivity contribution < 1.29 is 19.0 Å². The van der Waals surface area contributed by atoms with Crippen LogP contribution in [0, 0.1) is 11.3 Å². The molecular formula is C27H32ClN3O4. The predicted octanol–water partition coefficient (Wildman–Crippen LogP) is 7.03. The number of amides is 2. The Kier molecular flexibility index (Phi) is 7.26. The normalized spacial score (nSPS) is 19.1. The van der Waals surface area contributed by atoms with Crippen molar-refractivity contribution in [2.24, 2.45) is 11.3 Å². The first-order chi connectivity index (χ1) is 16.7. The maximum atomic E-state index is 12.6. The number of nitrogens with one attached hydrogen (secondary N) is 2. The molecule has 2 unspecified atom stereocenters. The Morgan fingerprint density at radius 1 is 1.06 bits per heavy atom. The van der Waals surface area contributed by atoms with Gasteiger partial charge in [-0.05, 0) is 54.9 Å². The average molecular weight is 498 g/mol. The molecule has 0 radical (unpaired) electrons. The number of carbonyl (C=O) groups is 1. The van der Waals surface area contributed by atoms with E-state index < -0.39 is 0 Å². The largest absolute Gasteiger partial charge is 0.493 e. The van der Waals surface area contributed by atoms with E-state index in [9.17, 15) is 4.79 Å². The summed E-state index contributed by atoms with van der Waals surface area (Å²) in [6, 6.07) is 10.5. The molecule has 3 aromatic rings. The average Bonchev–Trinajstić information content (AvgIpc) is 2.78. The molecule has 2 amide bonds. The van der Waals surface area contributed by atoms with Crippen LogP contribution in [0.15, 0.2) is 42.6 Å². The monoisotopic (exact) mass is 497 g/mol. The van der Waals surface area contributed by atoms with Crippen molar-refractivity contribution in [2.75, 3.05) is 19.5 Å². The lowest BCUT2D eigenvalue weighted by molar-refractivity contribution is 0.154. The maximum Gasteiger partial charge on any atom is 0.319 e. The summed E-state index contributed by atoms with van der Waals surface area (Å²) in [5.74, 6) is 2.88. The molecule has 4 rings (SSSR count). The number of urea groups is 1. The van der Waals surface area contributed by atoms with Crippen molar-refractivity contribution in [3.05, 3.63) is 47.6 Å². The molecule has 0 spiro atoms. The lowest BCUT2D eigenvalue weighted by Crippen LogP contribution is -2.44. The van der Waals surface area contributed by atoms with Crippen LogP contribution >= 0.6 is 11.6 Å². The number of pyridine rings is 1. The fraction of sp³-hybridized carbons (Fsp3) is 0.407. The third-order valence-corrected chi connectivity index (χ3v) is 6.66. The molecular weight excluding hydrogens is 466 g/mol. The molecule has 2 atom stereocenters. The number of aromatic nitrogens is 1. The van der Waals surface area contributed by atoms with Gasteiger partial charge < -0.3 is 24.8 Å². The number of benzene rings is 2. The molecule has 1 aromatic heterocycles. The van der Waals surface area contributed by atoms with Crippen LogP contribution in [0.3, 0.4) is 0 Å². The first kappa shape index (κ1) is 24.9.